The predicted molar refractivity (Wildman–Crippen MR) is 98.0 cm³/mol. The fraction of sp³-hybridized carbons (Fsp3) is 0.222. The first-order valence-corrected chi connectivity index (χ1v) is 10.3. The second kappa shape index (κ2) is 8.33. The van der Waals surface area contributed by atoms with Crippen molar-refractivity contribution in [1.82, 2.24) is 4.90 Å². The molecule has 0 atom stereocenters. The van der Waals surface area contributed by atoms with E-state index in [9.17, 15) is 8.42 Å². The van der Waals surface area contributed by atoms with E-state index >= 15 is 0 Å². The van der Waals surface area contributed by atoms with Gasteiger partial charge in [0.05, 0.1) is 18.6 Å². The summed E-state index contributed by atoms with van der Waals surface area (Å²) >= 11 is 1.65. The summed E-state index contributed by atoms with van der Waals surface area (Å²) in [7, 11) is -3.66. The largest absolute Gasteiger partial charge is 0.468 e. The minimum absolute atomic E-state index is 0.0893. The van der Waals surface area contributed by atoms with Crippen molar-refractivity contribution >= 4 is 21.5 Å². The molecule has 7 heteroatoms. The van der Waals surface area contributed by atoms with Crippen LogP contribution in [0.5, 0.6) is 5.75 Å². The van der Waals surface area contributed by atoms with E-state index in [0.29, 0.717) is 25.4 Å². The topological polar surface area (TPSA) is 59.8 Å². The molecular formula is C18H19NO4S2. The Hall–Kier alpha value is -2.09. The average molecular weight is 377 g/mol. The third-order valence-corrected chi connectivity index (χ3v) is 5.53. The van der Waals surface area contributed by atoms with Gasteiger partial charge in [0.1, 0.15) is 11.5 Å². The number of thiophene rings is 1. The highest BCUT2D eigenvalue weighted by molar-refractivity contribution is 7.87. The van der Waals surface area contributed by atoms with E-state index in [2.05, 4.69) is 0 Å². The smallest absolute Gasteiger partial charge is 0.310 e. The Morgan fingerprint density at radius 2 is 1.84 bits per heavy atom. The van der Waals surface area contributed by atoms with Gasteiger partial charge in [-0.25, -0.2) is 0 Å². The van der Waals surface area contributed by atoms with Gasteiger partial charge in [0.15, 0.2) is 0 Å². The monoisotopic (exact) mass is 377 g/mol. The van der Waals surface area contributed by atoms with Gasteiger partial charge in [0.25, 0.3) is 0 Å². The van der Waals surface area contributed by atoms with E-state index in [0.717, 1.165) is 5.76 Å². The maximum absolute atomic E-state index is 12.2. The summed E-state index contributed by atoms with van der Waals surface area (Å²) in [4.78, 5) is 3.21. The van der Waals surface area contributed by atoms with Crippen LogP contribution in [0.4, 0.5) is 0 Å². The lowest BCUT2D eigenvalue weighted by molar-refractivity contribution is 0.249. The number of rotatable bonds is 9. The lowest BCUT2D eigenvalue weighted by Crippen LogP contribution is -2.30. The summed E-state index contributed by atoms with van der Waals surface area (Å²) in [6.45, 7) is 1.57. The number of para-hydroxylation sites is 1. The Morgan fingerprint density at radius 3 is 2.52 bits per heavy atom. The van der Waals surface area contributed by atoms with Crippen molar-refractivity contribution < 1.29 is 17.0 Å². The lowest BCUT2D eigenvalue weighted by atomic mass is 10.3. The zero-order valence-electron chi connectivity index (χ0n) is 13.6. The average Bonchev–Trinajstić information content (AvgIpc) is 3.27. The van der Waals surface area contributed by atoms with Crippen LogP contribution in [-0.4, -0.2) is 25.6 Å². The molecule has 0 radical (unpaired) electrons. The van der Waals surface area contributed by atoms with Crippen LogP contribution in [0.1, 0.15) is 10.6 Å². The van der Waals surface area contributed by atoms with E-state index in [1.807, 2.05) is 40.6 Å². The molecule has 0 aliphatic carbocycles. The Bertz CT molecular complexity index is 808. The van der Waals surface area contributed by atoms with Gasteiger partial charge in [-0.15, -0.1) is 11.3 Å². The quantitative estimate of drug-likeness (QED) is 0.532. The Balaban J connectivity index is 1.62. The van der Waals surface area contributed by atoms with Gasteiger partial charge in [-0.2, -0.15) is 8.42 Å². The fourth-order valence-corrected chi connectivity index (χ4v) is 4.08. The van der Waals surface area contributed by atoms with E-state index in [1.54, 1.807) is 41.9 Å². The van der Waals surface area contributed by atoms with Crippen molar-refractivity contribution in [1.29, 1.82) is 0 Å². The van der Waals surface area contributed by atoms with Gasteiger partial charge in [0.2, 0.25) is 0 Å². The maximum atomic E-state index is 12.2. The molecule has 0 spiro atoms. The van der Waals surface area contributed by atoms with Crippen molar-refractivity contribution in [2.24, 2.45) is 0 Å². The highest BCUT2D eigenvalue weighted by atomic mass is 32.2. The summed E-state index contributed by atoms with van der Waals surface area (Å²) in [5, 5.41) is 2.01. The van der Waals surface area contributed by atoms with Crippen molar-refractivity contribution in [3.8, 4) is 5.75 Å². The molecule has 0 unspecified atom stereocenters. The van der Waals surface area contributed by atoms with E-state index < -0.39 is 10.1 Å². The minimum Gasteiger partial charge on any atom is -0.468 e. The molecule has 0 fully saturated rings. The van der Waals surface area contributed by atoms with E-state index in [1.165, 1.54) is 4.88 Å². The van der Waals surface area contributed by atoms with Gasteiger partial charge in [0, 0.05) is 18.0 Å². The van der Waals surface area contributed by atoms with Crippen molar-refractivity contribution in [3.63, 3.8) is 0 Å². The fourth-order valence-electron chi connectivity index (χ4n) is 2.37. The molecule has 0 aliphatic rings. The van der Waals surface area contributed by atoms with Crippen molar-refractivity contribution in [2.75, 3.05) is 12.3 Å². The predicted octanol–water partition coefficient (Wildman–Crippen LogP) is 3.75. The molecule has 0 saturated heterocycles. The molecule has 3 aromatic rings. The van der Waals surface area contributed by atoms with Gasteiger partial charge in [-0.05, 0) is 35.7 Å². The summed E-state index contributed by atoms with van der Waals surface area (Å²) < 4.78 is 35.0. The molecule has 3 rings (SSSR count). The highest BCUT2D eigenvalue weighted by Gasteiger charge is 2.17. The van der Waals surface area contributed by atoms with Crippen LogP contribution in [0.15, 0.2) is 70.7 Å². The summed E-state index contributed by atoms with van der Waals surface area (Å²) in [6, 6.07) is 16.3. The molecular weight excluding hydrogens is 358 g/mol. The molecule has 1 aromatic carbocycles. The van der Waals surface area contributed by atoms with Crippen LogP contribution < -0.4 is 4.18 Å². The summed E-state index contributed by atoms with van der Waals surface area (Å²) in [6.07, 6.45) is 1.62. The standard InChI is InChI=1S/C18H19NO4S2/c20-25(21,23-16-6-2-1-3-7-16)13-10-19(14-17-8-4-11-22-17)15-18-9-5-12-24-18/h1-9,11-12H,10,13-15H2. The minimum atomic E-state index is -3.66. The Morgan fingerprint density at radius 1 is 1.00 bits per heavy atom. The zero-order valence-corrected chi connectivity index (χ0v) is 15.2. The first kappa shape index (κ1) is 17.7. The van der Waals surface area contributed by atoms with E-state index in [-0.39, 0.29) is 5.75 Å². The highest BCUT2D eigenvalue weighted by Crippen LogP contribution is 2.16. The first-order chi connectivity index (χ1) is 12.1. The molecule has 0 amide bonds. The van der Waals surface area contributed by atoms with E-state index in [4.69, 9.17) is 8.60 Å². The lowest BCUT2D eigenvalue weighted by Gasteiger charge is -2.20. The van der Waals surface area contributed by atoms with Gasteiger partial charge < -0.3 is 8.60 Å². The van der Waals surface area contributed by atoms with Crippen molar-refractivity contribution in [2.45, 2.75) is 13.1 Å². The van der Waals surface area contributed by atoms with Crippen LogP contribution in [0.25, 0.3) is 0 Å². The summed E-state index contributed by atoms with van der Waals surface area (Å²) in [5.41, 5.74) is 0. The number of hydrogen-bond acceptors (Lipinski definition) is 6. The Labute approximate surface area is 151 Å². The third-order valence-electron chi connectivity index (χ3n) is 3.54. The molecule has 25 heavy (non-hydrogen) atoms. The number of nitrogens with zero attached hydrogens (tertiary/aromatic N) is 1. The number of benzene rings is 1. The van der Waals surface area contributed by atoms with Crippen LogP contribution in [0.2, 0.25) is 0 Å². The third kappa shape index (κ3) is 5.74. The molecule has 0 N–H and O–H groups in total. The molecule has 2 aromatic heterocycles. The first-order valence-electron chi connectivity index (χ1n) is 7.85. The maximum Gasteiger partial charge on any atom is 0.310 e. The van der Waals surface area contributed by atoms with Gasteiger partial charge in [-0.1, -0.05) is 24.3 Å². The molecule has 0 bridgehead atoms. The van der Waals surface area contributed by atoms with Gasteiger partial charge in [-0.3, -0.25) is 4.90 Å². The molecule has 0 saturated carbocycles. The molecule has 5 nitrogen and oxygen atoms in total. The molecule has 0 aliphatic heterocycles. The molecule has 132 valence electrons. The Kier molecular flexibility index (Phi) is 5.91. The van der Waals surface area contributed by atoms with Crippen LogP contribution >= 0.6 is 11.3 Å². The van der Waals surface area contributed by atoms with Crippen LogP contribution in [0, 0.1) is 0 Å². The summed E-state index contributed by atoms with van der Waals surface area (Å²) in [5.74, 6) is 1.05. The molecule has 2 heterocycles. The second-order valence-corrected chi connectivity index (χ2v) is 8.25. The van der Waals surface area contributed by atoms with Crippen molar-refractivity contribution in [3.05, 3.63) is 76.9 Å². The van der Waals surface area contributed by atoms with Crippen LogP contribution in [-0.2, 0) is 23.2 Å². The normalized spacial score (nSPS) is 11.7. The SMILES string of the molecule is O=S(=O)(CCN(Cc1ccco1)Cc1cccs1)Oc1ccccc1. The van der Waals surface area contributed by atoms with Gasteiger partial charge >= 0.3 is 10.1 Å². The van der Waals surface area contributed by atoms with Crippen LogP contribution in [0.3, 0.4) is 0 Å². The number of hydrogen-bond donors (Lipinski definition) is 0. The number of furan rings is 1. The zero-order chi connectivity index (χ0) is 17.5. The second-order valence-electron chi connectivity index (χ2n) is 5.53.